The summed E-state index contributed by atoms with van der Waals surface area (Å²) in [5, 5.41) is 0. The van der Waals surface area contributed by atoms with E-state index < -0.39 is 11.6 Å². The smallest absolute Gasteiger partial charge is 0.411 e. The Kier molecular flexibility index (Phi) is 5.50. The number of carbonyl (C=O) groups excluding carboxylic acids is 2. The van der Waals surface area contributed by atoms with Gasteiger partial charge in [-0.15, -0.1) is 0 Å². The maximum absolute atomic E-state index is 13.4. The molecule has 1 aromatic carbocycles. The molecule has 3 atom stereocenters. The lowest BCUT2D eigenvalue weighted by Gasteiger charge is -2.35. The van der Waals surface area contributed by atoms with Crippen LogP contribution in [0.4, 0.5) is 10.5 Å². The maximum Gasteiger partial charge on any atom is 0.411 e. The predicted molar refractivity (Wildman–Crippen MR) is 107 cm³/mol. The average Bonchev–Trinajstić information content (AvgIpc) is 2.98. The number of amides is 2. The minimum atomic E-state index is -0.570. The summed E-state index contributed by atoms with van der Waals surface area (Å²) >= 11 is 0. The molecule has 0 unspecified atom stereocenters. The minimum absolute atomic E-state index is 0.0270. The highest BCUT2D eigenvalue weighted by atomic mass is 16.6. The first kappa shape index (κ1) is 19.7. The van der Waals surface area contributed by atoms with Crippen LogP contribution in [0.2, 0.25) is 0 Å². The molecule has 1 aliphatic heterocycles. The summed E-state index contributed by atoms with van der Waals surface area (Å²) in [5.41, 5.74) is 1.40. The van der Waals surface area contributed by atoms with Gasteiger partial charge in [-0.2, -0.15) is 0 Å². The van der Waals surface area contributed by atoms with E-state index in [0.717, 1.165) is 36.9 Å². The Morgan fingerprint density at radius 2 is 1.89 bits per heavy atom. The van der Waals surface area contributed by atoms with Crippen LogP contribution < -0.4 is 4.90 Å². The summed E-state index contributed by atoms with van der Waals surface area (Å²) in [7, 11) is 1.80. The first-order valence-electron chi connectivity index (χ1n) is 10.0. The van der Waals surface area contributed by atoms with Gasteiger partial charge in [0.25, 0.3) is 0 Å². The lowest BCUT2D eigenvalue weighted by atomic mass is 9.85. The van der Waals surface area contributed by atoms with Crippen LogP contribution in [0.1, 0.15) is 58.4 Å². The van der Waals surface area contributed by atoms with Gasteiger partial charge in [-0.25, -0.2) is 4.79 Å². The number of fused-ring (bicyclic) bond motifs is 1. The number of anilines is 1. The van der Waals surface area contributed by atoms with Crippen molar-refractivity contribution in [3.63, 3.8) is 0 Å². The van der Waals surface area contributed by atoms with Gasteiger partial charge < -0.3 is 9.64 Å². The first-order chi connectivity index (χ1) is 12.7. The monoisotopic (exact) mass is 372 g/mol. The van der Waals surface area contributed by atoms with Crippen molar-refractivity contribution in [2.45, 2.75) is 77.5 Å². The van der Waals surface area contributed by atoms with Crippen LogP contribution in [0.5, 0.6) is 0 Å². The molecule has 1 saturated carbocycles. The highest BCUT2D eigenvalue weighted by Gasteiger charge is 2.49. The Labute approximate surface area is 162 Å². The van der Waals surface area contributed by atoms with E-state index >= 15 is 0 Å². The zero-order valence-corrected chi connectivity index (χ0v) is 17.2. The number of hydrogen-bond donors (Lipinski definition) is 0. The third kappa shape index (κ3) is 4.28. The highest BCUT2D eigenvalue weighted by Crippen LogP contribution is 2.41. The van der Waals surface area contributed by atoms with E-state index in [-0.39, 0.29) is 18.0 Å². The normalized spacial score (nSPS) is 25.1. The van der Waals surface area contributed by atoms with E-state index in [2.05, 4.69) is 0 Å². The van der Waals surface area contributed by atoms with Crippen LogP contribution in [0.25, 0.3) is 0 Å². The SMILES string of the molecule is Cc1cccc(N(C)C(=O)[C@@H]2C[C@@H]3CCCC[C@@H]3N2C(=O)OC(C)(C)C)c1. The molecule has 0 aromatic heterocycles. The molecule has 5 nitrogen and oxygen atoms in total. The van der Waals surface area contributed by atoms with Crippen molar-refractivity contribution in [2.75, 3.05) is 11.9 Å². The number of benzene rings is 1. The maximum atomic E-state index is 13.4. The van der Waals surface area contributed by atoms with Crippen molar-refractivity contribution < 1.29 is 14.3 Å². The van der Waals surface area contributed by atoms with Gasteiger partial charge in [-0.05, 0) is 70.6 Å². The van der Waals surface area contributed by atoms with Gasteiger partial charge in [0.15, 0.2) is 0 Å². The molecule has 0 bridgehead atoms. The standard InChI is InChI=1S/C22H32N2O3/c1-15-9-8-11-17(13-15)23(5)20(25)19-14-16-10-6-7-12-18(16)24(19)21(26)27-22(2,3)4/h8-9,11,13,16,18-19H,6-7,10,12,14H2,1-5H3/t16-,18-,19-/m0/s1. The van der Waals surface area contributed by atoms with Crippen LogP contribution in [0.3, 0.4) is 0 Å². The summed E-state index contributed by atoms with van der Waals surface area (Å²) in [6, 6.07) is 7.57. The van der Waals surface area contributed by atoms with Gasteiger partial charge in [0.2, 0.25) is 5.91 Å². The molecule has 1 aromatic rings. The third-order valence-electron chi connectivity index (χ3n) is 5.70. The fraction of sp³-hybridized carbons (Fsp3) is 0.636. The molecule has 1 heterocycles. The number of rotatable bonds is 2. The second kappa shape index (κ2) is 7.53. The Morgan fingerprint density at radius 3 is 2.56 bits per heavy atom. The molecule has 5 heteroatoms. The summed E-state index contributed by atoms with van der Waals surface area (Å²) in [6.07, 6.45) is 4.71. The molecule has 2 amide bonds. The highest BCUT2D eigenvalue weighted by molar-refractivity contribution is 5.98. The van der Waals surface area contributed by atoms with Crippen molar-refractivity contribution >= 4 is 17.7 Å². The molecule has 1 aliphatic carbocycles. The first-order valence-corrected chi connectivity index (χ1v) is 10.0. The van der Waals surface area contributed by atoms with E-state index in [1.54, 1.807) is 16.8 Å². The van der Waals surface area contributed by atoms with Gasteiger partial charge in [0.1, 0.15) is 11.6 Å². The molecular formula is C22H32N2O3. The van der Waals surface area contributed by atoms with Crippen LogP contribution in [0.15, 0.2) is 24.3 Å². The number of hydrogen-bond acceptors (Lipinski definition) is 3. The van der Waals surface area contributed by atoms with Crippen molar-refractivity contribution in [3.05, 3.63) is 29.8 Å². The minimum Gasteiger partial charge on any atom is -0.444 e. The topological polar surface area (TPSA) is 49.9 Å². The predicted octanol–water partition coefficient (Wildman–Crippen LogP) is 4.53. The summed E-state index contributed by atoms with van der Waals surface area (Å²) in [6.45, 7) is 7.62. The molecule has 3 rings (SSSR count). The van der Waals surface area contributed by atoms with E-state index in [1.807, 2.05) is 52.0 Å². The van der Waals surface area contributed by atoms with Crippen LogP contribution >= 0.6 is 0 Å². The molecular weight excluding hydrogens is 340 g/mol. The second-order valence-corrected chi connectivity index (χ2v) is 8.99. The van der Waals surface area contributed by atoms with Gasteiger partial charge >= 0.3 is 6.09 Å². The Hall–Kier alpha value is -2.04. The van der Waals surface area contributed by atoms with Crippen molar-refractivity contribution in [1.29, 1.82) is 0 Å². The summed E-state index contributed by atoms with van der Waals surface area (Å²) in [4.78, 5) is 29.8. The van der Waals surface area contributed by atoms with E-state index in [4.69, 9.17) is 4.74 Å². The average molecular weight is 373 g/mol. The van der Waals surface area contributed by atoms with Gasteiger partial charge in [-0.3, -0.25) is 9.69 Å². The van der Waals surface area contributed by atoms with Gasteiger partial charge in [0, 0.05) is 18.8 Å². The number of aryl methyl sites for hydroxylation is 1. The van der Waals surface area contributed by atoms with Crippen LogP contribution in [-0.2, 0) is 9.53 Å². The van der Waals surface area contributed by atoms with Crippen molar-refractivity contribution in [2.24, 2.45) is 5.92 Å². The van der Waals surface area contributed by atoms with Gasteiger partial charge in [0.05, 0.1) is 0 Å². The number of carbonyl (C=O) groups is 2. The largest absolute Gasteiger partial charge is 0.444 e. The summed E-state index contributed by atoms with van der Waals surface area (Å²) in [5.74, 6) is 0.368. The Bertz CT molecular complexity index is 710. The van der Waals surface area contributed by atoms with Crippen molar-refractivity contribution in [3.8, 4) is 0 Å². The Morgan fingerprint density at radius 1 is 1.19 bits per heavy atom. The van der Waals surface area contributed by atoms with Crippen LogP contribution in [0, 0.1) is 12.8 Å². The molecule has 0 radical (unpaired) electrons. The number of likely N-dealkylation sites (tertiary alicyclic amines) is 1. The van der Waals surface area contributed by atoms with Crippen molar-refractivity contribution in [1.82, 2.24) is 4.90 Å². The fourth-order valence-electron chi connectivity index (χ4n) is 4.45. The molecule has 1 saturated heterocycles. The molecule has 0 N–H and O–H groups in total. The lowest BCUT2D eigenvalue weighted by Crippen LogP contribution is -2.51. The number of likely N-dealkylation sites (N-methyl/N-ethyl adjacent to an activating group) is 1. The molecule has 27 heavy (non-hydrogen) atoms. The molecule has 0 spiro atoms. The molecule has 2 aliphatic rings. The number of ether oxygens (including phenoxy) is 1. The Balaban J connectivity index is 1.86. The zero-order chi connectivity index (χ0) is 19.8. The second-order valence-electron chi connectivity index (χ2n) is 8.99. The molecule has 2 fully saturated rings. The lowest BCUT2D eigenvalue weighted by molar-refractivity contribution is -0.123. The van der Waals surface area contributed by atoms with E-state index in [0.29, 0.717) is 5.92 Å². The zero-order valence-electron chi connectivity index (χ0n) is 17.2. The third-order valence-corrected chi connectivity index (χ3v) is 5.70. The quantitative estimate of drug-likeness (QED) is 0.766. The molecule has 148 valence electrons. The van der Waals surface area contributed by atoms with E-state index in [9.17, 15) is 9.59 Å². The fourth-order valence-corrected chi connectivity index (χ4v) is 4.45. The summed E-state index contributed by atoms with van der Waals surface area (Å²) < 4.78 is 5.67. The van der Waals surface area contributed by atoms with Gasteiger partial charge in [-0.1, -0.05) is 25.0 Å². The van der Waals surface area contributed by atoms with E-state index in [1.165, 1.54) is 6.42 Å². The van der Waals surface area contributed by atoms with Crippen LogP contribution in [-0.4, -0.2) is 41.6 Å². The number of nitrogens with zero attached hydrogens (tertiary/aromatic N) is 2.